The number of hydrogen-bond donors (Lipinski definition) is 1. The molecule has 1 amide bonds. The van der Waals surface area contributed by atoms with Crippen LogP contribution in [-0.4, -0.2) is 40.2 Å². The molecular weight excluding hydrogens is 290 g/mol. The van der Waals surface area contributed by atoms with E-state index in [1.807, 2.05) is 0 Å². The van der Waals surface area contributed by atoms with Gasteiger partial charge >= 0.3 is 0 Å². The third kappa shape index (κ3) is 3.14. The molecule has 2 heterocycles. The number of halogens is 2. The summed E-state index contributed by atoms with van der Waals surface area (Å²) >= 11 is 0. The van der Waals surface area contributed by atoms with Gasteiger partial charge in [0.15, 0.2) is 11.6 Å². The second-order valence-corrected chi connectivity index (χ2v) is 5.20. The number of carbonyl (C=O) groups is 1. The van der Waals surface area contributed by atoms with Crippen molar-refractivity contribution in [3.63, 3.8) is 0 Å². The van der Waals surface area contributed by atoms with Crippen molar-refractivity contribution in [1.29, 1.82) is 0 Å². The summed E-state index contributed by atoms with van der Waals surface area (Å²) in [5, 5.41) is 7.04. The average Bonchev–Trinajstić information content (AvgIpc) is 2.82. The highest BCUT2D eigenvalue weighted by atomic mass is 19.1. The van der Waals surface area contributed by atoms with Gasteiger partial charge in [-0.05, 0) is 18.2 Å². The molecule has 0 aliphatic carbocycles. The van der Waals surface area contributed by atoms with E-state index in [0.29, 0.717) is 31.7 Å². The summed E-state index contributed by atoms with van der Waals surface area (Å²) in [5.74, 6) is -1.26. The highest BCUT2D eigenvalue weighted by Gasteiger charge is 2.16. The zero-order valence-corrected chi connectivity index (χ0v) is 11.9. The first-order valence-electron chi connectivity index (χ1n) is 7.11. The van der Waals surface area contributed by atoms with Gasteiger partial charge in [0.2, 0.25) is 5.91 Å². The number of amides is 1. The van der Waals surface area contributed by atoms with Crippen LogP contribution in [0.2, 0.25) is 0 Å². The van der Waals surface area contributed by atoms with Crippen LogP contribution in [-0.2, 0) is 11.3 Å². The van der Waals surface area contributed by atoms with Gasteiger partial charge in [0, 0.05) is 38.8 Å². The Morgan fingerprint density at radius 1 is 1.18 bits per heavy atom. The topological polar surface area (TPSA) is 50.2 Å². The molecule has 1 aromatic heterocycles. The summed E-state index contributed by atoms with van der Waals surface area (Å²) in [6.45, 7) is 2.51. The first-order chi connectivity index (χ1) is 10.6. The van der Waals surface area contributed by atoms with Gasteiger partial charge in [0.1, 0.15) is 5.69 Å². The monoisotopic (exact) mass is 306 g/mol. The molecular formula is C15H16F2N4O. The van der Waals surface area contributed by atoms with E-state index in [4.69, 9.17) is 0 Å². The van der Waals surface area contributed by atoms with E-state index in [1.54, 1.807) is 6.07 Å². The Labute approximate surface area is 126 Å². The summed E-state index contributed by atoms with van der Waals surface area (Å²) in [4.78, 5) is 13.4. The van der Waals surface area contributed by atoms with E-state index in [9.17, 15) is 13.6 Å². The molecule has 0 unspecified atom stereocenters. The highest BCUT2D eigenvalue weighted by molar-refractivity contribution is 5.76. The van der Waals surface area contributed by atoms with E-state index in [1.165, 1.54) is 29.1 Å². The number of hydrogen-bond acceptors (Lipinski definition) is 3. The minimum absolute atomic E-state index is 0.0430. The summed E-state index contributed by atoms with van der Waals surface area (Å²) in [6, 6.07) is 5.45. The Kier molecular flexibility index (Phi) is 4.15. The maximum absolute atomic E-state index is 13.7. The van der Waals surface area contributed by atoms with Crippen molar-refractivity contribution in [3.05, 3.63) is 47.8 Å². The molecule has 1 N–H and O–H groups in total. The maximum atomic E-state index is 13.7. The molecule has 1 aliphatic rings. The lowest BCUT2D eigenvalue weighted by molar-refractivity contribution is -0.120. The van der Waals surface area contributed by atoms with Crippen molar-refractivity contribution in [2.45, 2.75) is 13.0 Å². The van der Waals surface area contributed by atoms with Crippen LogP contribution in [0.5, 0.6) is 0 Å². The number of para-hydroxylation sites is 1. The molecule has 0 bridgehead atoms. The number of nitrogens with zero attached hydrogens (tertiary/aromatic N) is 3. The molecule has 1 aromatic carbocycles. The first-order valence-corrected chi connectivity index (χ1v) is 7.11. The Balaban J connectivity index is 1.75. The van der Waals surface area contributed by atoms with Gasteiger partial charge in [-0.3, -0.25) is 9.69 Å². The fourth-order valence-corrected chi connectivity index (χ4v) is 2.48. The largest absolute Gasteiger partial charge is 0.355 e. The van der Waals surface area contributed by atoms with Crippen LogP contribution >= 0.6 is 0 Å². The normalized spacial score (nSPS) is 16.4. The average molecular weight is 306 g/mol. The van der Waals surface area contributed by atoms with E-state index in [0.717, 1.165) is 6.54 Å². The van der Waals surface area contributed by atoms with Crippen molar-refractivity contribution < 1.29 is 13.6 Å². The zero-order chi connectivity index (χ0) is 15.5. The second-order valence-electron chi connectivity index (χ2n) is 5.20. The standard InChI is InChI=1S/C15H16F2N4O/c16-12-2-1-3-13(17)15(12)21-8-4-11(19-21)10-20-7-5-14(22)18-6-9-20/h1-4,8H,5-7,9-10H2,(H,18,22). The highest BCUT2D eigenvalue weighted by Crippen LogP contribution is 2.17. The summed E-state index contributed by atoms with van der Waals surface area (Å²) < 4.78 is 28.7. The third-order valence-corrected chi connectivity index (χ3v) is 3.60. The van der Waals surface area contributed by atoms with Crippen LogP contribution in [0.25, 0.3) is 5.69 Å². The number of rotatable bonds is 3. The minimum Gasteiger partial charge on any atom is -0.355 e. The molecule has 0 saturated carbocycles. The number of benzene rings is 1. The molecule has 2 aromatic rings. The van der Waals surface area contributed by atoms with Crippen LogP contribution in [0.15, 0.2) is 30.5 Å². The molecule has 1 saturated heterocycles. The van der Waals surface area contributed by atoms with Gasteiger partial charge in [-0.25, -0.2) is 13.5 Å². The second kappa shape index (κ2) is 6.23. The molecule has 1 fully saturated rings. The van der Waals surface area contributed by atoms with Crippen molar-refractivity contribution in [3.8, 4) is 5.69 Å². The summed E-state index contributed by atoms with van der Waals surface area (Å²) in [5.41, 5.74) is 0.526. The smallest absolute Gasteiger partial charge is 0.221 e. The van der Waals surface area contributed by atoms with Crippen molar-refractivity contribution in [2.75, 3.05) is 19.6 Å². The van der Waals surface area contributed by atoms with Crippen LogP contribution in [0.4, 0.5) is 8.78 Å². The van der Waals surface area contributed by atoms with Gasteiger partial charge < -0.3 is 5.32 Å². The molecule has 0 radical (unpaired) electrons. The molecule has 0 atom stereocenters. The first kappa shape index (κ1) is 14.6. The molecule has 1 aliphatic heterocycles. The van der Waals surface area contributed by atoms with Crippen LogP contribution < -0.4 is 5.32 Å². The predicted octanol–water partition coefficient (Wildman–Crippen LogP) is 1.47. The fourth-order valence-electron chi connectivity index (χ4n) is 2.48. The number of nitrogens with one attached hydrogen (secondary N) is 1. The van der Waals surface area contributed by atoms with E-state index in [-0.39, 0.29) is 11.6 Å². The van der Waals surface area contributed by atoms with Crippen molar-refractivity contribution >= 4 is 5.91 Å². The fraction of sp³-hybridized carbons (Fsp3) is 0.333. The molecule has 116 valence electrons. The van der Waals surface area contributed by atoms with E-state index >= 15 is 0 Å². The Bertz CT molecular complexity index is 666. The molecule has 5 nitrogen and oxygen atoms in total. The Morgan fingerprint density at radius 2 is 1.95 bits per heavy atom. The van der Waals surface area contributed by atoms with Crippen molar-refractivity contribution in [1.82, 2.24) is 20.0 Å². The third-order valence-electron chi connectivity index (χ3n) is 3.60. The van der Waals surface area contributed by atoms with Gasteiger partial charge in [0.25, 0.3) is 0 Å². The van der Waals surface area contributed by atoms with Gasteiger partial charge in [-0.2, -0.15) is 5.10 Å². The summed E-state index contributed by atoms with van der Waals surface area (Å²) in [7, 11) is 0. The molecule has 0 spiro atoms. The summed E-state index contributed by atoms with van der Waals surface area (Å²) in [6.07, 6.45) is 1.99. The lowest BCUT2D eigenvalue weighted by atomic mass is 10.3. The quantitative estimate of drug-likeness (QED) is 0.934. The molecule has 22 heavy (non-hydrogen) atoms. The van der Waals surface area contributed by atoms with Crippen LogP contribution in [0.1, 0.15) is 12.1 Å². The molecule has 3 rings (SSSR count). The zero-order valence-electron chi connectivity index (χ0n) is 11.9. The Hall–Kier alpha value is -2.28. The lowest BCUT2D eigenvalue weighted by Gasteiger charge is -2.17. The van der Waals surface area contributed by atoms with Crippen LogP contribution in [0.3, 0.4) is 0 Å². The van der Waals surface area contributed by atoms with E-state index in [2.05, 4.69) is 15.3 Å². The van der Waals surface area contributed by atoms with Crippen molar-refractivity contribution in [2.24, 2.45) is 0 Å². The van der Waals surface area contributed by atoms with Gasteiger partial charge in [-0.15, -0.1) is 0 Å². The van der Waals surface area contributed by atoms with E-state index < -0.39 is 11.6 Å². The Morgan fingerprint density at radius 3 is 2.73 bits per heavy atom. The van der Waals surface area contributed by atoms with Crippen LogP contribution in [0, 0.1) is 11.6 Å². The number of carbonyl (C=O) groups excluding carboxylic acids is 1. The van der Waals surface area contributed by atoms with Gasteiger partial charge in [0.05, 0.1) is 5.69 Å². The lowest BCUT2D eigenvalue weighted by Crippen LogP contribution is -2.28. The van der Waals surface area contributed by atoms with Gasteiger partial charge in [-0.1, -0.05) is 6.07 Å². The predicted molar refractivity (Wildman–Crippen MR) is 76.4 cm³/mol. The maximum Gasteiger partial charge on any atom is 0.221 e. The molecule has 7 heteroatoms. The minimum atomic E-state index is -0.654. The SMILES string of the molecule is O=C1CCN(Cc2ccn(-c3c(F)cccc3F)n2)CCN1. The number of aromatic nitrogens is 2.